The molecule has 0 fully saturated rings. The van der Waals surface area contributed by atoms with Gasteiger partial charge in [-0.05, 0) is 36.2 Å². The number of esters is 1. The van der Waals surface area contributed by atoms with Crippen LogP contribution in [0.5, 0.6) is 0 Å². The number of rotatable bonds is 7. The highest BCUT2D eigenvalue weighted by molar-refractivity contribution is 6.37. The molecule has 0 aliphatic carbocycles. The number of carbonyl (C=O) groups is 3. The van der Waals surface area contributed by atoms with Crippen molar-refractivity contribution in [3.05, 3.63) is 59.3 Å². The topological polar surface area (TPSA) is 73.6 Å². The number of ether oxygens (including phenoxy) is 1. The fourth-order valence-corrected chi connectivity index (χ4v) is 1.97. The zero-order chi connectivity index (χ0) is 16.8. The molecule has 2 aromatic rings. The molecule has 0 saturated carbocycles. The zero-order valence-corrected chi connectivity index (χ0v) is 12.5. The number of carbonyl (C=O) groups excluding carboxylic acids is 3. The van der Waals surface area contributed by atoms with E-state index in [-0.39, 0.29) is 18.2 Å². The van der Waals surface area contributed by atoms with Crippen molar-refractivity contribution >= 4 is 17.5 Å². The number of hydrogen-bond donors (Lipinski definition) is 0. The van der Waals surface area contributed by atoms with Crippen LogP contribution in [0.25, 0.3) is 0 Å². The molecule has 0 aliphatic rings. The van der Waals surface area contributed by atoms with E-state index >= 15 is 0 Å². The van der Waals surface area contributed by atoms with Crippen LogP contribution in [0, 0.1) is 5.82 Å². The van der Waals surface area contributed by atoms with Gasteiger partial charge in [0.25, 0.3) is 0 Å². The van der Waals surface area contributed by atoms with Gasteiger partial charge in [0, 0.05) is 6.42 Å². The van der Waals surface area contributed by atoms with E-state index in [2.05, 4.69) is 4.74 Å². The van der Waals surface area contributed by atoms with Crippen molar-refractivity contribution in [1.82, 2.24) is 0 Å². The maximum Gasteiger partial charge on any atom is 0.375 e. The number of benzene rings is 1. The molecule has 1 aromatic carbocycles. The summed E-state index contributed by atoms with van der Waals surface area (Å²) in [5.74, 6) is -2.85. The van der Waals surface area contributed by atoms with Crippen molar-refractivity contribution in [3.63, 3.8) is 0 Å². The minimum Gasteiger partial charge on any atom is -0.461 e. The van der Waals surface area contributed by atoms with E-state index in [4.69, 9.17) is 4.42 Å². The Morgan fingerprint density at radius 2 is 1.83 bits per heavy atom. The van der Waals surface area contributed by atoms with E-state index in [1.807, 2.05) is 0 Å². The van der Waals surface area contributed by atoms with Gasteiger partial charge in [0.15, 0.2) is 5.76 Å². The average Bonchev–Trinajstić information content (AvgIpc) is 2.98. The Kier molecular flexibility index (Phi) is 5.41. The molecule has 0 unspecified atom stereocenters. The van der Waals surface area contributed by atoms with Gasteiger partial charge in [-0.3, -0.25) is 9.59 Å². The Labute approximate surface area is 132 Å². The molecule has 0 spiro atoms. The second kappa shape index (κ2) is 7.49. The molecule has 6 heteroatoms. The van der Waals surface area contributed by atoms with Gasteiger partial charge in [0.2, 0.25) is 11.6 Å². The number of ketones is 2. The standard InChI is InChI=1S/C17H15FO5/c1-2-22-17(21)15(20)9-14(19)16-8-12(10-23-16)7-11-3-5-13(18)6-4-11/h3-6,8,10H,2,7,9H2,1H3. The van der Waals surface area contributed by atoms with Gasteiger partial charge in [-0.25, -0.2) is 9.18 Å². The Morgan fingerprint density at radius 1 is 1.13 bits per heavy atom. The summed E-state index contributed by atoms with van der Waals surface area (Å²) in [5.41, 5.74) is 1.57. The molecule has 0 N–H and O–H groups in total. The first-order valence-corrected chi connectivity index (χ1v) is 7.04. The van der Waals surface area contributed by atoms with Crippen molar-refractivity contribution in [2.45, 2.75) is 19.8 Å². The summed E-state index contributed by atoms with van der Waals surface area (Å²) < 4.78 is 22.5. The Balaban J connectivity index is 1.98. The van der Waals surface area contributed by atoms with Crippen molar-refractivity contribution in [2.75, 3.05) is 6.61 Å². The summed E-state index contributed by atoms with van der Waals surface area (Å²) in [6, 6.07) is 7.46. The Bertz CT molecular complexity index is 715. The third kappa shape index (κ3) is 4.60. The lowest BCUT2D eigenvalue weighted by Crippen LogP contribution is -2.20. The van der Waals surface area contributed by atoms with Crippen molar-refractivity contribution in [1.29, 1.82) is 0 Å². The highest BCUT2D eigenvalue weighted by atomic mass is 19.1. The van der Waals surface area contributed by atoms with Crippen molar-refractivity contribution in [2.24, 2.45) is 0 Å². The van der Waals surface area contributed by atoms with Crippen LogP contribution in [0.2, 0.25) is 0 Å². The number of hydrogen-bond acceptors (Lipinski definition) is 5. The maximum absolute atomic E-state index is 12.8. The van der Waals surface area contributed by atoms with Gasteiger partial charge in [0.05, 0.1) is 19.3 Å². The highest BCUT2D eigenvalue weighted by Gasteiger charge is 2.22. The van der Waals surface area contributed by atoms with Gasteiger partial charge in [-0.15, -0.1) is 0 Å². The molecule has 1 heterocycles. The third-order valence-corrected chi connectivity index (χ3v) is 3.07. The monoisotopic (exact) mass is 318 g/mol. The van der Waals surface area contributed by atoms with E-state index in [0.717, 1.165) is 5.56 Å². The largest absolute Gasteiger partial charge is 0.461 e. The van der Waals surface area contributed by atoms with Gasteiger partial charge in [-0.1, -0.05) is 12.1 Å². The van der Waals surface area contributed by atoms with Crippen LogP contribution in [0.4, 0.5) is 4.39 Å². The predicted molar refractivity (Wildman–Crippen MR) is 78.5 cm³/mol. The molecule has 23 heavy (non-hydrogen) atoms. The summed E-state index contributed by atoms with van der Waals surface area (Å²) >= 11 is 0. The van der Waals surface area contributed by atoms with Crippen LogP contribution in [-0.4, -0.2) is 24.1 Å². The summed E-state index contributed by atoms with van der Waals surface area (Å²) in [6.45, 7) is 1.64. The van der Waals surface area contributed by atoms with E-state index in [1.165, 1.54) is 24.5 Å². The fraction of sp³-hybridized carbons (Fsp3) is 0.235. The minimum atomic E-state index is -1.03. The van der Waals surface area contributed by atoms with Crippen LogP contribution in [-0.2, 0) is 20.7 Å². The molecule has 0 aliphatic heterocycles. The SMILES string of the molecule is CCOC(=O)C(=O)CC(=O)c1cc(Cc2ccc(F)cc2)co1. The summed E-state index contributed by atoms with van der Waals surface area (Å²) in [6.07, 6.45) is 1.26. The van der Waals surface area contributed by atoms with Gasteiger partial charge < -0.3 is 9.15 Å². The van der Waals surface area contributed by atoms with Crippen LogP contribution in [0.1, 0.15) is 35.0 Å². The van der Waals surface area contributed by atoms with Crippen molar-refractivity contribution in [3.8, 4) is 0 Å². The average molecular weight is 318 g/mol. The molecule has 2 rings (SSSR count). The second-order valence-corrected chi connectivity index (χ2v) is 4.87. The molecule has 1 aromatic heterocycles. The minimum absolute atomic E-state index is 0.000222. The van der Waals surface area contributed by atoms with Gasteiger partial charge in [-0.2, -0.15) is 0 Å². The lowest BCUT2D eigenvalue weighted by molar-refractivity contribution is -0.153. The lowest BCUT2D eigenvalue weighted by Gasteiger charge is -1.99. The van der Waals surface area contributed by atoms with Crippen LogP contribution in [0.3, 0.4) is 0 Å². The van der Waals surface area contributed by atoms with Crippen LogP contribution < -0.4 is 0 Å². The van der Waals surface area contributed by atoms with Crippen LogP contribution in [0.15, 0.2) is 41.0 Å². The quantitative estimate of drug-likeness (QED) is 0.340. The molecule has 5 nitrogen and oxygen atoms in total. The predicted octanol–water partition coefficient (Wildman–Crippen LogP) is 2.71. The summed E-state index contributed by atoms with van der Waals surface area (Å²) in [7, 11) is 0. The molecule has 0 atom stereocenters. The number of Topliss-reactive ketones (excluding diaryl/α,β-unsaturated/α-hetero) is 2. The molecular weight excluding hydrogens is 303 g/mol. The lowest BCUT2D eigenvalue weighted by atomic mass is 10.1. The Hall–Kier alpha value is -2.76. The first-order valence-electron chi connectivity index (χ1n) is 7.04. The van der Waals surface area contributed by atoms with E-state index in [9.17, 15) is 18.8 Å². The van der Waals surface area contributed by atoms with Crippen molar-refractivity contribution < 1.29 is 27.9 Å². The van der Waals surface area contributed by atoms with Gasteiger partial charge >= 0.3 is 5.97 Å². The molecule has 0 amide bonds. The first kappa shape index (κ1) is 16.6. The molecular formula is C17H15FO5. The maximum atomic E-state index is 12.8. The molecule has 120 valence electrons. The zero-order valence-electron chi connectivity index (χ0n) is 12.5. The van der Waals surface area contributed by atoms with Crippen LogP contribution >= 0.6 is 0 Å². The normalized spacial score (nSPS) is 10.3. The second-order valence-electron chi connectivity index (χ2n) is 4.87. The fourth-order valence-electron chi connectivity index (χ4n) is 1.97. The highest BCUT2D eigenvalue weighted by Crippen LogP contribution is 2.15. The first-order chi connectivity index (χ1) is 11.0. The summed E-state index contributed by atoms with van der Waals surface area (Å²) in [4.78, 5) is 34.6. The van der Waals surface area contributed by atoms with E-state index in [0.29, 0.717) is 12.0 Å². The van der Waals surface area contributed by atoms with E-state index in [1.54, 1.807) is 19.1 Å². The molecule has 0 saturated heterocycles. The molecule has 0 bridgehead atoms. The number of furan rings is 1. The number of halogens is 1. The molecule has 0 radical (unpaired) electrons. The Morgan fingerprint density at radius 3 is 2.48 bits per heavy atom. The summed E-state index contributed by atoms with van der Waals surface area (Å²) in [5, 5.41) is 0. The van der Waals surface area contributed by atoms with Gasteiger partial charge in [0.1, 0.15) is 5.82 Å². The third-order valence-electron chi connectivity index (χ3n) is 3.07. The smallest absolute Gasteiger partial charge is 0.375 e. The van der Waals surface area contributed by atoms with E-state index < -0.39 is 24.0 Å².